The molecule has 0 aliphatic carbocycles. The average molecular weight is 471 g/mol. The third-order valence-electron chi connectivity index (χ3n) is 4.29. The van der Waals surface area contributed by atoms with Gasteiger partial charge in [-0.15, -0.1) is 6.58 Å². The van der Waals surface area contributed by atoms with Gasteiger partial charge in [-0.25, -0.2) is 8.42 Å². The number of para-hydroxylation sites is 1. The summed E-state index contributed by atoms with van der Waals surface area (Å²) in [6.45, 7) is 3.62. The molecule has 0 saturated heterocycles. The molecule has 10 heteroatoms. The SMILES string of the molecule is C=CCN(c1ccccc1)S(=O)(=O)c1cc(C(=O)NNC(=O)c2ccccn2)ccc1Cl. The molecular weight excluding hydrogens is 452 g/mol. The Bertz CT molecular complexity index is 1240. The summed E-state index contributed by atoms with van der Waals surface area (Å²) < 4.78 is 27.8. The number of benzene rings is 2. The zero-order chi connectivity index (χ0) is 23.1. The molecule has 2 amide bonds. The number of carbonyl (C=O) groups excluding carboxylic acids is 2. The summed E-state index contributed by atoms with van der Waals surface area (Å²) >= 11 is 6.18. The predicted octanol–water partition coefficient (Wildman–Crippen LogP) is 3.19. The number of hydrogen-bond acceptors (Lipinski definition) is 5. The number of pyridine rings is 1. The van der Waals surface area contributed by atoms with Gasteiger partial charge in [0.15, 0.2) is 0 Å². The highest BCUT2D eigenvalue weighted by atomic mass is 35.5. The molecule has 32 heavy (non-hydrogen) atoms. The molecule has 0 saturated carbocycles. The van der Waals surface area contributed by atoms with Crippen LogP contribution >= 0.6 is 11.6 Å². The van der Waals surface area contributed by atoms with E-state index in [-0.39, 0.29) is 27.7 Å². The number of nitrogens with zero attached hydrogens (tertiary/aromatic N) is 2. The van der Waals surface area contributed by atoms with Crippen molar-refractivity contribution in [1.82, 2.24) is 15.8 Å². The maximum atomic E-state index is 13.4. The molecule has 8 nitrogen and oxygen atoms in total. The van der Waals surface area contributed by atoms with Crippen molar-refractivity contribution in [2.45, 2.75) is 4.90 Å². The lowest BCUT2D eigenvalue weighted by molar-refractivity contribution is 0.0844. The highest BCUT2D eigenvalue weighted by molar-refractivity contribution is 7.93. The van der Waals surface area contributed by atoms with Crippen LogP contribution < -0.4 is 15.2 Å². The summed E-state index contributed by atoms with van der Waals surface area (Å²) in [5.41, 5.74) is 4.98. The van der Waals surface area contributed by atoms with E-state index in [4.69, 9.17) is 11.6 Å². The van der Waals surface area contributed by atoms with Crippen molar-refractivity contribution in [3.63, 3.8) is 0 Å². The molecule has 2 aromatic carbocycles. The molecule has 0 aliphatic heterocycles. The van der Waals surface area contributed by atoms with Crippen molar-refractivity contribution in [3.05, 3.63) is 102 Å². The normalized spacial score (nSPS) is 10.8. The molecule has 0 spiro atoms. The minimum Gasteiger partial charge on any atom is -0.267 e. The minimum atomic E-state index is -4.12. The Labute approximate surface area is 190 Å². The maximum absolute atomic E-state index is 13.4. The van der Waals surface area contributed by atoms with Crippen molar-refractivity contribution in [2.24, 2.45) is 0 Å². The van der Waals surface area contributed by atoms with Crippen LogP contribution in [0.1, 0.15) is 20.8 Å². The molecule has 0 unspecified atom stereocenters. The molecule has 0 fully saturated rings. The molecule has 3 rings (SSSR count). The van der Waals surface area contributed by atoms with Gasteiger partial charge in [0.2, 0.25) is 0 Å². The Morgan fingerprint density at radius 1 is 1.00 bits per heavy atom. The first-order chi connectivity index (χ1) is 15.3. The van der Waals surface area contributed by atoms with E-state index >= 15 is 0 Å². The van der Waals surface area contributed by atoms with Gasteiger partial charge in [0.1, 0.15) is 10.6 Å². The summed E-state index contributed by atoms with van der Waals surface area (Å²) in [7, 11) is -4.12. The van der Waals surface area contributed by atoms with Crippen LogP contribution in [0, 0.1) is 0 Å². The van der Waals surface area contributed by atoms with Gasteiger partial charge in [-0.05, 0) is 42.5 Å². The van der Waals surface area contributed by atoms with Gasteiger partial charge in [-0.1, -0.05) is 41.9 Å². The standard InChI is InChI=1S/C22H19ClN4O4S/c1-2-14-27(17-8-4-3-5-9-17)32(30,31)20-15-16(11-12-18(20)23)21(28)25-26-22(29)19-10-6-7-13-24-19/h2-13,15H,1,14H2,(H,25,28)(H,26,29). The van der Waals surface area contributed by atoms with E-state index in [1.54, 1.807) is 42.5 Å². The first-order valence-electron chi connectivity index (χ1n) is 9.34. The lowest BCUT2D eigenvalue weighted by atomic mass is 10.2. The van der Waals surface area contributed by atoms with Gasteiger partial charge in [0, 0.05) is 11.8 Å². The quantitative estimate of drug-likeness (QED) is 0.407. The lowest BCUT2D eigenvalue weighted by Crippen LogP contribution is -2.42. The van der Waals surface area contributed by atoms with Gasteiger partial charge in [-0.3, -0.25) is 29.7 Å². The summed E-state index contributed by atoms with van der Waals surface area (Å²) in [6, 6.07) is 17.0. The summed E-state index contributed by atoms with van der Waals surface area (Å²) in [5, 5.41) is -0.0518. The number of hydrogen-bond donors (Lipinski definition) is 2. The van der Waals surface area contributed by atoms with E-state index in [0.29, 0.717) is 5.69 Å². The Morgan fingerprint density at radius 3 is 2.34 bits per heavy atom. The van der Waals surface area contributed by atoms with Crippen LogP contribution in [0.3, 0.4) is 0 Å². The average Bonchev–Trinajstić information content (AvgIpc) is 2.82. The van der Waals surface area contributed by atoms with Crippen molar-refractivity contribution < 1.29 is 18.0 Å². The Morgan fingerprint density at radius 2 is 1.69 bits per heavy atom. The molecular formula is C22H19ClN4O4S. The smallest absolute Gasteiger partial charge is 0.267 e. The van der Waals surface area contributed by atoms with Crippen LogP contribution in [-0.2, 0) is 10.0 Å². The number of nitrogens with one attached hydrogen (secondary N) is 2. The van der Waals surface area contributed by atoms with Gasteiger partial charge in [0.05, 0.1) is 17.3 Å². The van der Waals surface area contributed by atoms with Crippen LogP contribution in [0.5, 0.6) is 0 Å². The van der Waals surface area contributed by atoms with E-state index < -0.39 is 21.8 Å². The number of sulfonamides is 1. The van der Waals surface area contributed by atoms with Crippen LogP contribution in [0.4, 0.5) is 5.69 Å². The number of amides is 2. The fourth-order valence-electron chi connectivity index (χ4n) is 2.76. The molecule has 3 aromatic rings. The third kappa shape index (κ3) is 5.13. The first kappa shape index (κ1) is 23.0. The fourth-order valence-corrected chi connectivity index (χ4v) is 4.70. The number of carbonyl (C=O) groups is 2. The van der Waals surface area contributed by atoms with Crippen LogP contribution in [0.25, 0.3) is 0 Å². The van der Waals surface area contributed by atoms with Gasteiger partial charge in [0.25, 0.3) is 21.8 Å². The number of hydrazine groups is 1. The zero-order valence-corrected chi connectivity index (χ0v) is 18.3. The molecule has 0 bridgehead atoms. The molecule has 164 valence electrons. The maximum Gasteiger partial charge on any atom is 0.288 e. The number of halogens is 1. The van der Waals surface area contributed by atoms with Crippen molar-refractivity contribution in [3.8, 4) is 0 Å². The van der Waals surface area contributed by atoms with Crippen molar-refractivity contribution in [1.29, 1.82) is 0 Å². The topological polar surface area (TPSA) is 108 Å². The predicted molar refractivity (Wildman–Crippen MR) is 122 cm³/mol. The van der Waals surface area contributed by atoms with E-state index in [9.17, 15) is 18.0 Å². The molecule has 0 radical (unpaired) electrons. The van der Waals surface area contributed by atoms with Gasteiger partial charge >= 0.3 is 0 Å². The van der Waals surface area contributed by atoms with Crippen molar-refractivity contribution in [2.75, 3.05) is 10.8 Å². The molecule has 1 aromatic heterocycles. The Kier molecular flexibility index (Phi) is 7.24. The van der Waals surface area contributed by atoms with Crippen LogP contribution in [0.2, 0.25) is 5.02 Å². The van der Waals surface area contributed by atoms with Crippen LogP contribution in [-0.4, -0.2) is 31.8 Å². The second-order valence-corrected chi connectivity index (χ2v) is 8.67. The summed E-state index contributed by atoms with van der Waals surface area (Å²) in [4.78, 5) is 28.2. The van der Waals surface area contributed by atoms with E-state index in [1.807, 2.05) is 0 Å². The molecule has 1 heterocycles. The minimum absolute atomic E-state index is 0.000761. The Hall–Kier alpha value is -3.69. The number of anilines is 1. The number of rotatable bonds is 7. The summed E-state index contributed by atoms with van der Waals surface area (Å²) in [5.74, 6) is -1.35. The van der Waals surface area contributed by atoms with Crippen LogP contribution in [0.15, 0.2) is 90.5 Å². The molecule has 0 aliphatic rings. The van der Waals surface area contributed by atoms with Gasteiger partial charge in [-0.2, -0.15) is 0 Å². The largest absolute Gasteiger partial charge is 0.288 e. The van der Waals surface area contributed by atoms with E-state index in [0.717, 1.165) is 10.4 Å². The van der Waals surface area contributed by atoms with E-state index in [2.05, 4.69) is 22.4 Å². The second-order valence-electron chi connectivity index (χ2n) is 6.43. The molecule has 2 N–H and O–H groups in total. The highest BCUT2D eigenvalue weighted by Gasteiger charge is 2.27. The third-order valence-corrected chi connectivity index (χ3v) is 6.56. The zero-order valence-electron chi connectivity index (χ0n) is 16.7. The molecule has 0 atom stereocenters. The lowest BCUT2D eigenvalue weighted by Gasteiger charge is -2.24. The summed E-state index contributed by atoms with van der Waals surface area (Å²) in [6.07, 6.45) is 2.89. The van der Waals surface area contributed by atoms with E-state index in [1.165, 1.54) is 30.5 Å². The first-order valence-corrected chi connectivity index (χ1v) is 11.2. The number of aromatic nitrogens is 1. The monoisotopic (exact) mass is 470 g/mol. The highest BCUT2D eigenvalue weighted by Crippen LogP contribution is 2.29. The second kappa shape index (κ2) is 10.1. The Balaban J connectivity index is 1.86. The van der Waals surface area contributed by atoms with Crippen molar-refractivity contribution >= 4 is 39.1 Å². The fraction of sp³-hybridized carbons (Fsp3) is 0.0455. The van der Waals surface area contributed by atoms with Gasteiger partial charge < -0.3 is 0 Å².